The second-order valence-corrected chi connectivity index (χ2v) is 8.19. The normalized spacial score (nSPS) is 13.7. The van der Waals surface area contributed by atoms with Crippen LogP contribution in [-0.2, 0) is 23.2 Å². The Hall–Kier alpha value is -3.42. The van der Waals surface area contributed by atoms with Crippen molar-refractivity contribution in [2.24, 2.45) is 7.05 Å². The number of ether oxygens (including phenoxy) is 1. The number of hydrogen-bond acceptors (Lipinski definition) is 5. The second kappa shape index (κ2) is 9.38. The van der Waals surface area contributed by atoms with Crippen LogP contribution in [0.2, 0.25) is 0 Å². The van der Waals surface area contributed by atoms with Crippen molar-refractivity contribution in [3.05, 3.63) is 42.0 Å². The van der Waals surface area contributed by atoms with E-state index in [0.29, 0.717) is 38.2 Å². The Morgan fingerprint density at radius 3 is 2.91 bits per heavy atom. The van der Waals surface area contributed by atoms with Crippen LogP contribution in [0.15, 0.2) is 30.6 Å². The molecule has 4 rings (SSSR count). The maximum Gasteiger partial charge on any atom is 0.222 e. The van der Waals surface area contributed by atoms with Gasteiger partial charge in [-0.3, -0.25) is 9.59 Å². The first-order valence-corrected chi connectivity index (χ1v) is 11.0. The zero-order chi connectivity index (χ0) is 22.7. The molecule has 0 aliphatic carbocycles. The summed E-state index contributed by atoms with van der Waals surface area (Å²) in [5.41, 5.74) is 3.71. The number of carbonyl (C=O) groups excluding carboxylic acids is 2. The number of nitrogens with zero attached hydrogens (tertiary/aromatic N) is 4. The summed E-state index contributed by atoms with van der Waals surface area (Å²) in [6, 6.07) is 5.97. The number of rotatable bonds is 8. The van der Waals surface area contributed by atoms with Gasteiger partial charge < -0.3 is 19.5 Å². The van der Waals surface area contributed by atoms with Crippen LogP contribution in [0.1, 0.15) is 37.1 Å². The van der Waals surface area contributed by atoms with Crippen LogP contribution in [0.25, 0.3) is 22.2 Å². The molecule has 3 heterocycles. The highest BCUT2D eigenvalue weighted by Crippen LogP contribution is 2.33. The standard InChI is InChI=1S/C24H29N5O3/c1-16-25-13-17(14-26-22(30)6-4-10-29-11-5-7-23(29)31)24(27-16)20-15-28(2)21-9-8-18(32-3)12-19(20)21/h8-9,12-13,15H,4-7,10-11,14H2,1-3H3,(H,26,30). The van der Waals surface area contributed by atoms with Crippen LogP contribution in [0, 0.1) is 6.92 Å². The quantitative estimate of drug-likeness (QED) is 0.588. The van der Waals surface area contributed by atoms with E-state index >= 15 is 0 Å². The highest BCUT2D eigenvalue weighted by Gasteiger charge is 2.20. The van der Waals surface area contributed by atoms with E-state index in [9.17, 15) is 9.59 Å². The van der Waals surface area contributed by atoms with Crippen molar-refractivity contribution in [1.29, 1.82) is 0 Å². The third kappa shape index (κ3) is 4.59. The summed E-state index contributed by atoms with van der Waals surface area (Å²) in [6.45, 7) is 3.65. The Morgan fingerprint density at radius 2 is 2.16 bits per heavy atom. The Morgan fingerprint density at radius 1 is 1.31 bits per heavy atom. The lowest BCUT2D eigenvalue weighted by Crippen LogP contribution is -2.28. The number of carbonyl (C=O) groups is 2. The molecule has 32 heavy (non-hydrogen) atoms. The maximum atomic E-state index is 12.4. The van der Waals surface area contributed by atoms with Gasteiger partial charge in [0, 0.05) is 73.9 Å². The third-order valence-corrected chi connectivity index (χ3v) is 5.92. The first-order chi connectivity index (χ1) is 15.5. The van der Waals surface area contributed by atoms with Gasteiger partial charge in [-0.1, -0.05) is 0 Å². The molecule has 0 atom stereocenters. The minimum absolute atomic E-state index is 0.0391. The average molecular weight is 436 g/mol. The van der Waals surface area contributed by atoms with E-state index < -0.39 is 0 Å². The van der Waals surface area contributed by atoms with Crippen molar-refractivity contribution in [2.45, 2.75) is 39.2 Å². The number of nitrogens with one attached hydrogen (secondary N) is 1. The Kier molecular flexibility index (Phi) is 6.39. The van der Waals surface area contributed by atoms with Crippen LogP contribution < -0.4 is 10.1 Å². The summed E-state index contributed by atoms with van der Waals surface area (Å²) in [4.78, 5) is 35.0. The molecule has 2 aromatic heterocycles. The lowest BCUT2D eigenvalue weighted by Gasteiger charge is -2.15. The van der Waals surface area contributed by atoms with Gasteiger partial charge in [-0.25, -0.2) is 9.97 Å². The zero-order valence-electron chi connectivity index (χ0n) is 18.9. The van der Waals surface area contributed by atoms with E-state index in [1.165, 1.54) is 0 Å². The molecule has 0 unspecified atom stereocenters. The van der Waals surface area contributed by atoms with Crippen molar-refractivity contribution in [3.8, 4) is 17.0 Å². The van der Waals surface area contributed by atoms with Gasteiger partial charge in [-0.15, -0.1) is 0 Å². The minimum Gasteiger partial charge on any atom is -0.497 e. The monoisotopic (exact) mass is 435 g/mol. The van der Waals surface area contributed by atoms with Gasteiger partial charge in [0.2, 0.25) is 11.8 Å². The first-order valence-electron chi connectivity index (χ1n) is 11.0. The number of amides is 2. The Bertz CT molecular complexity index is 1150. The molecule has 0 saturated carbocycles. The maximum absolute atomic E-state index is 12.4. The van der Waals surface area contributed by atoms with Crippen LogP contribution >= 0.6 is 0 Å². The molecule has 1 N–H and O–H groups in total. The van der Waals surface area contributed by atoms with Crippen molar-refractivity contribution in [1.82, 2.24) is 24.8 Å². The molecule has 168 valence electrons. The summed E-state index contributed by atoms with van der Waals surface area (Å²) in [7, 11) is 3.65. The fraction of sp³-hybridized carbons (Fsp3) is 0.417. The van der Waals surface area contributed by atoms with Gasteiger partial charge in [0.1, 0.15) is 11.6 Å². The topological polar surface area (TPSA) is 89.4 Å². The minimum atomic E-state index is -0.0391. The molecule has 1 aromatic carbocycles. The van der Waals surface area contributed by atoms with E-state index in [1.807, 2.05) is 43.3 Å². The summed E-state index contributed by atoms with van der Waals surface area (Å²) >= 11 is 0. The van der Waals surface area contributed by atoms with E-state index in [4.69, 9.17) is 9.72 Å². The van der Waals surface area contributed by atoms with Crippen LogP contribution in [0.5, 0.6) is 5.75 Å². The third-order valence-electron chi connectivity index (χ3n) is 5.92. The fourth-order valence-electron chi connectivity index (χ4n) is 4.20. The number of hydrogen-bond donors (Lipinski definition) is 1. The molecule has 1 aliphatic heterocycles. The molecule has 0 spiro atoms. The van der Waals surface area contributed by atoms with Gasteiger partial charge in [0.15, 0.2) is 0 Å². The molecule has 2 amide bonds. The van der Waals surface area contributed by atoms with Crippen LogP contribution in [-0.4, -0.2) is 51.4 Å². The second-order valence-electron chi connectivity index (χ2n) is 8.19. The first kappa shape index (κ1) is 21.8. The van der Waals surface area contributed by atoms with E-state index in [0.717, 1.165) is 46.4 Å². The summed E-state index contributed by atoms with van der Waals surface area (Å²) in [6.07, 6.45) is 6.42. The summed E-state index contributed by atoms with van der Waals surface area (Å²) < 4.78 is 7.47. The number of aromatic nitrogens is 3. The molecule has 8 nitrogen and oxygen atoms in total. The fourth-order valence-corrected chi connectivity index (χ4v) is 4.20. The SMILES string of the molecule is COc1ccc2c(c1)c(-c1nc(C)ncc1CNC(=O)CCCN1CCCC1=O)cn2C. The van der Waals surface area contributed by atoms with Gasteiger partial charge in [-0.05, 0) is 38.0 Å². The molecule has 1 aliphatic rings. The number of likely N-dealkylation sites (tertiary alicyclic amines) is 1. The molecule has 1 fully saturated rings. The predicted octanol–water partition coefficient (Wildman–Crippen LogP) is 2.97. The number of fused-ring (bicyclic) bond motifs is 1. The van der Waals surface area contributed by atoms with Crippen molar-refractivity contribution >= 4 is 22.7 Å². The van der Waals surface area contributed by atoms with Crippen molar-refractivity contribution in [3.63, 3.8) is 0 Å². The van der Waals surface area contributed by atoms with Gasteiger partial charge in [-0.2, -0.15) is 0 Å². The van der Waals surface area contributed by atoms with Gasteiger partial charge >= 0.3 is 0 Å². The largest absolute Gasteiger partial charge is 0.497 e. The Balaban J connectivity index is 1.49. The molecule has 3 aromatic rings. The lowest BCUT2D eigenvalue weighted by molar-refractivity contribution is -0.128. The lowest BCUT2D eigenvalue weighted by atomic mass is 10.1. The molecule has 0 bridgehead atoms. The molecule has 1 saturated heterocycles. The number of methoxy groups -OCH3 is 1. The van der Waals surface area contributed by atoms with Crippen molar-refractivity contribution in [2.75, 3.05) is 20.2 Å². The van der Waals surface area contributed by atoms with Crippen LogP contribution in [0.4, 0.5) is 0 Å². The van der Waals surface area contributed by atoms with E-state index in [2.05, 4.69) is 14.9 Å². The van der Waals surface area contributed by atoms with E-state index in [1.54, 1.807) is 13.3 Å². The zero-order valence-corrected chi connectivity index (χ0v) is 18.9. The average Bonchev–Trinajstić information content (AvgIpc) is 3.35. The summed E-state index contributed by atoms with van der Waals surface area (Å²) in [5.74, 6) is 1.61. The number of benzene rings is 1. The highest BCUT2D eigenvalue weighted by atomic mass is 16.5. The summed E-state index contributed by atoms with van der Waals surface area (Å²) in [5, 5.41) is 4.02. The molecular weight excluding hydrogens is 406 g/mol. The molecule has 0 radical (unpaired) electrons. The predicted molar refractivity (Wildman–Crippen MR) is 122 cm³/mol. The highest BCUT2D eigenvalue weighted by molar-refractivity contribution is 5.96. The molecular formula is C24H29N5O3. The van der Waals surface area contributed by atoms with Gasteiger partial charge in [0.25, 0.3) is 0 Å². The van der Waals surface area contributed by atoms with E-state index in [-0.39, 0.29) is 11.8 Å². The van der Waals surface area contributed by atoms with Gasteiger partial charge in [0.05, 0.1) is 12.8 Å². The molecule has 8 heteroatoms. The Labute approximate surface area is 187 Å². The smallest absolute Gasteiger partial charge is 0.222 e. The van der Waals surface area contributed by atoms with Crippen molar-refractivity contribution < 1.29 is 14.3 Å². The number of aryl methyl sites for hydroxylation is 2. The van der Waals surface area contributed by atoms with Crippen LogP contribution in [0.3, 0.4) is 0 Å².